The van der Waals surface area contributed by atoms with Crippen LogP contribution in [-0.4, -0.2) is 37.1 Å². The average molecular weight is 210 g/mol. The molecule has 0 radical (unpaired) electrons. The second-order valence-electron chi connectivity index (χ2n) is 6.80. The minimum absolute atomic E-state index is 0.430. The van der Waals surface area contributed by atoms with Gasteiger partial charge in [0.1, 0.15) is 0 Å². The van der Waals surface area contributed by atoms with Crippen molar-refractivity contribution in [3.63, 3.8) is 0 Å². The van der Waals surface area contributed by atoms with Crippen molar-refractivity contribution in [3.8, 4) is 0 Å². The summed E-state index contributed by atoms with van der Waals surface area (Å²) in [4.78, 5) is 2.52. The van der Waals surface area contributed by atoms with Crippen LogP contribution in [0.5, 0.6) is 0 Å². The molecule has 1 N–H and O–H groups in total. The average Bonchev–Trinajstić information content (AvgIpc) is 2.60. The third kappa shape index (κ3) is 2.94. The Balaban J connectivity index is 1.77. The van der Waals surface area contributed by atoms with Crippen LogP contribution in [0.2, 0.25) is 0 Å². The first-order valence-electron chi connectivity index (χ1n) is 6.39. The number of rotatable bonds is 3. The predicted octanol–water partition coefficient (Wildman–Crippen LogP) is 2.10. The maximum Gasteiger partial charge on any atom is 0.0111 e. The van der Waals surface area contributed by atoms with Crippen LogP contribution in [-0.2, 0) is 0 Å². The van der Waals surface area contributed by atoms with E-state index in [1.54, 1.807) is 0 Å². The summed E-state index contributed by atoms with van der Waals surface area (Å²) in [6.07, 6.45) is 4.25. The lowest BCUT2D eigenvalue weighted by molar-refractivity contribution is 0.187. The monoisotopic (exact) mass is 210 g/mol. The molecule has 3 atom stereocenters. The Morgan fingerprint density at radius 1 is 1.27 bits per heavy atom. The molecule has 0 aromatic carbocycles. The summed E-state index contributed by atoms with van der Waals surface area (Å²) >= 11 is 0. The van der Waals surface area contributed by atoms with Gasteiger partial charge in [0.05, 0.1) is 0 Å². The molecular formula is C13H26N2. The summed E-state index contributed by atoms with van der Waals surface area (Å²) < 4.78 is 0. The van der Waals surface area contributed by atoms with E-state index in [1.807, 2.05) is 0 Å². The Bertz CT molecular complexity index is 219. The molecule has 2 heterocycles. The van der Waals surface area contributed by atoms with Crippen LogP contribution >= 0.6 is 0 Å². The van der Waals surface area contributed by atoms with Gasteiger partial charge in [0.25, 0.3) is 0 Å². The molecule has 2 heteroatoms. The van der Waals surface area contributed by atoms with Gasteiger partial charge in [-0.15, -0.1) is 0 Å². The van der Waals surface area contributed by atoms with Gasteiger partial charge in [0.2, 0.25) is 0 Å². The Kier molecular flexibility index (Phi) is 3.09. The second-order valence-corrected chi connectivity index (χ2v) is 6.80. The van der Waals surface area contributed by atoms with E-state index in [2.05, 4.69) is 38.0 Å². The van der Waals surface area contributed by atoms with Crippen molar-refractivity contribution in [3.05, 3.63) is 0 Å². The third-order valence-corrected chi connectivity index (χ3v) is 3.72. The number of fused-ring (bicyclic) bond motifs is 2. The molecule has 0 amide bonds. The Hall–Kier alpha value is -0.0800. The Morgan fingerprint density at radius 3 is 2.47 bits per heavy atom. The summed E-state index contributed by atoms with van der Waals surface area (Å²) in [5.74, 6) is 0.913. The van der Waals surface area contributed by atoms with Gasteiger partial charge in [0.15, 0.2) is 0 Å². The fourth-order valence-electron chi connectivity index (χ4n) is 3.41. The lowest BCUT2D eigenvalue weighted by Crippen LogP contribution is -2.37. The van der Waals surface area contributed by atoms with Crippen LogP contribution in [0.1, 0.15) is 40.0 Å². The van der Waals surface area contributed by atoms with Gasteiger partial charge >= 0.3 is 0 Å². The summed E-state index contributed by atoms with van der Waals surface area (Å²) in [7, 11) is 2.28. The van der Waals surface area contributed by atoms with Crippen molar-refractivity contribution in [2.45, 2.75) is 52.1 Å². The molecule has 3 unspecified atom stereocenters. The zero-order valence-corrected chi connectivity index (χ0v) is 10.7. The molecule has 0 saturated carbocycles. The van der Waals surface area contributed by atoms with Crippen molar-refractivity contribution in [1.82, 2.24) is 10.2 Å². The first-order valence-corrected chi connectivity index (χ1v) is 6.39. The largest absolute Gasteiger partial charge is 0.311 e. The molecule has 2 bridgehead atoms. The minimum Gasteiger partial charge on any atom is -0.311 e. The van der Waals surface area contributed by atoms with Crippen molar-refractivity contribution < 1.29 is 0 Å². The third-order valence-electron chi connectivity index (χ3n) is 3.72. The van der Waals surface area contributed by atoms with E-state index >= 15 is 0 Å². The quantitative estimate of drug-likeness (QED) is 0.767. The number of hydrogen-bond donors (Lipinski definition) is 1. The van der Waals surface area contributed by atoms with Crippen molar-refractivity contribution in [1.29, 1.82) is 0 Å². The van der Waals surface area contributed by atoms with Crippen LogP contribution in [0.25, 0.3) is 0 Å². The first kappa shape index (κ1) is 11.4. The van der Waals surface area contributed by atoms with Crippen LogP contribution in [0.15, 0.2) is 0 Å². The van der Waals surface area contributed by atoms with Crippen LogP contribution < -0.4 is 5.32 Å². The highest BCUT2D eigenvalue weighted by Gasteiger charge is 2.39. The minimum atomic E-state index is 0.430. The van der Waals surface area contributed by atoms with E-state index < -0.39 is 0 Å². The first-order chi connectivity index (χ1) is 6.94. The van der Waals surface area contributed by atoms with Gasteiger partial charge in [-0.05, 0) is 37.6 Å². The van der Waals surface area contributed by atoms with Gasteiger partial charge < -0.3 is 10.2 Å². The van der Waals surface area contributed by atoms with E-state index in [4.69, 9.17) is 0 Å². The Morgan fingerprint density at radius 2 is 2.00 bits per heavy atom. The lowest BCUT2D eigenvalue weighted by atomic mass is 9.88. The number of nitrogens with one attached hydrogen (secondary N) is 1. The molecule has 2 rings (SSSR count). The van der Waals surface area contributed by atoms with Gasteiger partial charge in [-0.2, -0.15) is 0 Å². The van der Waals surface area contributed by atoms with E-state index in [0.29, 0.717) is 5.41 Å². The molecule has 2 saturated heterocycles. The molecule has 0 aromatic heterocycles. The normalized spacial score (nSPS) is 35.4. The molecule has 2 fully saturated rings. The van der Waals surface area contributed by atoms with E-state index in [0.717, 1.165) is 18.0 Å². The van der Waals surface area contributed by atoms with E-state index in [-0.39, 0.29) is 0 Å². The van der Waals surface area contributed by atoms with Gasteiger partial charge in [0, 0.05) is 25.2 Å². The summed E-state index contributed by atoms with van der Waals surface area (Å²) in [6.45, 7) is 9.46. The number of hydrogen-bond acceptors (Lipinski definition) is 2. The predicted molar refractivity (Wildman–Crippen MR) is 65.0 cm³/mol. The molecule has 0 spiro atoms. The zero-order valence-electron chi connectivity index (χ0n) is 10.7. The van der Waals surface area contributed by atoms with E-state index in [1.165, 1.54) is 32.4 Å². The van der Waals surface area contributed by atoms with E-state index in [9.17, 15) is 0 Å². The molecule has 0 aromatic rings. The topological polar surface area (TPSA) is 15.3 Å². The van der Waals surface area contributed by atoms with Gasteiger partial charge in [-0.3, -0.25) is 0 Å². The zero-order chi connectivity index (χ0) is 11.1. The van der Waals surface area contributed by atoms with Gasteiger partial charge in [-0.25, -0.2) is 0 Å². The van der Waals surface area contributed by atoms with Crippen LogP contribution in [0.3, 0.4) is 0 Å². The fraction of sp³-hybridized carbons (Fsp3) is 1.00. The summed E-state index contributed by atoms with van der Waals surface area (Å²) in [5.41, 5.74) is 0.430. The molecule has 15 heavy (non-hydrogen) atoms. The molecular weight excluding hydrogens is 184 g/mol. The van der Waals surface area contributed by atoms with Crippen molar-refractivity contribution >= 4 is 0 Å². The maximum absolute atomic E-state index is 3.72. The SMILES string of the molecule is CN(CC1CC2CCC1N2)CC(C)(C)C. The molecule has 2 aliphatic rings. The smallest absolute Gasteiger partial charge is 0.0111 e. The molecule has 2 nitrogen and oxygen atoms in total. The number of nitrogens with zero attached hydrogens (tertiary/aromatic N) is 1. The standard InChI is InChI=1S/C13H26N2/c1-13(2,3)9-15(4)8-10-7-11-5-6-12(10)14-11/h10-12,14H,5-9H2,1-4H3. The highest BCUT2D eigenvalue weighted by Crippen LogP contribution is 2.33. The van der Waals surface area contributed by atoms with Crippen LogP contribution in [0, 0.1) is 11.3 Å². The highest BCUT2D eigenvalue weighted by atomic mass is 15.1. The maximum atomic E-state index is 3.72. The Labute approximate surface area is 94.4 Å². The van der Waals surface area contributed by atoms with Crippen LogP contribution in [0.4, 0.5) is 0 Å². The second kappa shape index (κ2) is 4.06. The highest BCUT2D eigenvalue weighted by molar-refractivity contribution is 4.98. The van der Waals surface area contributed by atoms with Crippen molar-refractivity contribution in [2.24, 2.45) is 11.3 Å². The fourth-order valence-corrected chi connectivity index (χ4v) is 3.41. The summed E-state index contributed by atoms with van der Waals surface area (Å²) in [5, 5.41) is 3.72. The molecule has 0 aliphatic carbocycles. The van der Waals surface area contributed by atoms with Gasteiger partial charge in [-0.1, -0.05) is 20.8 Å². The molecule has 2 aliphatic heterocycles. The van der Waals surface area contributed by atoms with Crippen molar-refractivity contribution in [2.75, 3.05) is 20.1 Å². The summed E-state index contributed by atoms with van der Waals surface area (Å²) in [6, 6.07) is 1.68. The lowest BCUT2D eigenvalue weighted by Gasteiger charge is -2.30. The molecule has 88 valence electrons.